The van der Waals surface area contributed by atoms with E-state index < -0.39 is 0 Å². The first-order valence-corrected chi connectivity index (χ1v) is 19.0. The summed E-state index contributed by atoms with van der Waals surface area (Å²) in [4.78, 5) is 39.6. The van der Waals surface area contributed by atoms with Gasteiger partial charge in [-0.15, -0.1) is 0 Å². The molecule has 10 nitrogen and oxygen atoms in total. The Labute approximate surface area is 310 Å². The van der Waals surface area contributed by atoms with Crippen molar-refractivity contribution in [2.75, 3.05) is 33.7 Å². The number of piperidine rings is 1. The van der Waals surface area contributed by atoms with E-state index >= 15 is 0 Å². The molecule has 0 spiro atoms. The zero-order valence-corrected chi connectivity index (χ0v) is 33.8. The number of hydrazone groups is 1. The van der Waals surface area contributed by atoms with Gasteiger partial charge in [-0.05, 0) is 90.6 Å². The van der Waals surface area contributed by atoms with E-state index in [9.17, 15) is 14.4 Å². The third-order valence-corrected chi connectivity index (χ3v) is 8.82. The van der Waals surface area contributed by atoms with Gasteiger partial charge in [-0.2, -0.15) is 5.10 Å². The lowest BCUT2D eigenvalue weighted by Crippen LogP contribution is -2.50. The predicted octanol–water partition coefficient (Wildman–Crippen LogP) is 8.02. The highest BCUT2D eigenvalue weighted by Crippen LogP contribution is 2.43. The number of hydrogen-bond acceptors (Lipinski definition) is 7. The van der Waals surface area contributed by atoms with Crippen molar-refractivity contribution < 1.29 is 14.0 Å². The number of carbonyl (C=O) groups excluding carboxylic acids is 2. The molecular weight excluding hydrogens is 640 g/mol. The van der Waals surface area contributed by atoms with Gasteiger partial charge in [0.05, 0.1) is 5.69 Å². The van der Waals surface area contributed by atoms with Gasteiger partial charge < -0.3 is 24.9 Å². The SMILES string of the molecule is C/C=C\C.C=N/C=N\NCC1(C(CC)CCCC)CCN(C(=O)CCc2ccc(C)cc2)CC1.CC.CCc1coc(=O)n1CCC=O.CNC. The highest BCUT2D eigenvalue weighted by Gasteiger charge is 2.41. The topological polar surface area (TPSA) is 121 Å². The van der Waals surface area contributed by atoms with E-state index in [1.54, 1.807) is 0 Å². The second-order valence-corrected chi connectivity index (χ2v) is 12.4. The molecule has 51 heavy (non-hydrogen) atoms. The average molecular weight is 713 g/mol. The van der Waals surface area contributed by atoms with Gasteiger partial charge in [0.1, 0.15) is 18.9 Å². The van der Waals surface area contributed by atoms with E-state index in [0.29, 0.717) is 25.3 Å². The van der Waals surface area contributed by atoms with Crippen LogP contribution in [-0.4, -0.2) is 68.4 Å². The van der Waals surface area contributed by atoms with Gasteiger partial charge in [-0.1, -0.05) is 95.9 Å². The summed E-state index contributed by atoms with van der Waals surface area (Å²) < 4.78 is 6.16. The molecule has 0 radical (unpaired) electrons. The van der Waals surface area contributed by atoms with Crippen molar-refractivity contribution in [3.05, 3.63) is 70.1 Å². The lowest BCUT2D eigenvalue weighted by atomic mass is 9.66. The Morgan fingerprint density at radius 3 is 2.18 bits per heavy atom. The summed E-state index contributed by atoms with van der Waals surface area (Å²) in [5.41, 5.74) is 6.74. The molecule has 1 atom stereocenters. The Hall–Kier alpha value is -3.79. The Balaban J connectivity index is 0. The summed E-state index contributed by atoms with van der Waals surface area (Å²) in [7, 11) is 3.75. The number of aliphatic imine (C=N–C) groups is 1. The van der Waals surface area contributed by atoms with Gasteiger partial charge >= 0.3 is 5.76 Å². The van der Waals surface area contributed by atoms with Crippen molar-refractivity contribution in [3.8, 4) is 0 Å². The zero-order chi connectivity index (χ0) is 38.9. The van der Waals surface area contributed by atoms with Gasteiger partial charge in [0.15, 0.2) is 0 Å². The molecule has 1 amide bonds. The number of nitrogens with zero attached hydrogens (tertiary/aromatic N) is 4. The first-order chi connectivity index (χ1) is 24.7. The maximum absolute atomic E-state index is 12.8. The van der Waals surface area contributed by atoms with Gasteiger partial charge in [0, 0.05) is 39.0 Å². The Morgan fingerprint density at radius 1 is 1.08 bits per heavy atom. The molecule has 1 saturated heterocycles. The van der Waals surface area contributed by atoms with Crippen LogP contribution in [0.3, 0.4) is 0 Å². The van der Waals surface area contributed by atoms with Crippen LogP contribution in [-0.2, 0) is 29.0 Å². The summed E-state index contributed by atoms with van der Waals surface area (Å²) in [6, 6.07) is 8.50. The van der Waals surface area contributed by atoms with Crippen LogP contribution in [0.5, 0.6) is 0 Å². The molecule has 1 fully saturated rings. The minimum Gasteiger partial charge on any atom is -0.416 e. The number of unbranched alkanes of at least 4 members (excludes halogenated alkanes) is 1. The zero-order valence-electron chi connectivity index (χ0n) is 33.8. The van der Waals surface area contributed by atoms with E-state index in [1.165, 1.54) is 54.0 Å². The fourth-order valence-corrected chi connectivity index (χ4v) is 5.83. The van der Waals surface area contributed by atoms with Crippen molar-refractivity contribution >= 4 is 25.2 Å². The van der Waals surface area contributed by atoms with Crippen LogP contribution in [0.4, 0.5) is 0 Å². The summed E-state index contributed by atoms with van der Waals surface area (Å²) in [5.74, 6) is 0.558. The maximum atomic E-state index is 12.8. The molecule has 1 aromatic heterocycles. The van der Waals surface area contributed by atoms with Crippen LogP contribution < -0.4 is 16.5 Å². The quantitative estimate of drug-likeness (QED) is 0.0598. The predicted molar refractivity (Wildman–Crippen MR) is 217 cm³/mol. The fourth-order valence-electron chi connectivity index (χ4n) is 5.83. The Bertz CT molecular complexity index is 1250. The molecule has 1 aromatic carbocycles. The number of carbonyl (C=O) groups is 2. The third kappa shape index (κ3) is 20.6. The highest BCUT2D eigenvalue weighted by molar-refractivity contribution is 5.76. The number of likely N-dealkylation sites (tertiary alicyclic amines) is 1. The van der Waals surface area contributed by atoms with Crippen LogP contribution >= 0.6 is 0 Å². The summed E-state index contributed by atoms with van der Waals surface area (Å²) >= 11 is 0. The number of oxazole rings is 1. The number of rotatable bonds is 16. The van der Waals surface area contributed by atoms with E-state index in [4.69, 9.17) is 0 Å². The number of nitrogens with one attached hydrogen (secondary N) is 2. The van der Waals surface area contributed by atoms with Crippen LogP contribution in [0.1, 0.15) is 117 Å². The minimum absolute atomic E-state index is 0.191. The molecule has 2 N–H and O–H groups in total. The van der Waals surface area contributed by atoms with Crippen LogP contribution in [0, 0.1) is 18.3 Å². The molecule has 1 aliphatic heterocycles. The average Bonchev–Trinajstić information content (AvgIpc) is 3.52. The van der Waals surface area contributed by atoms with E-state index in [2.05, 4.69) is 81.9 Å². The molecule has 290 valence electrons. The number of benzene rings is 1. The standard InChI is InChI=1S/C25H40N4O.C8H11NO3.C4H8.C2H7N.C2H6/c1-5-7-8-23(6-2)25(19-27-28-20-26-4)15-17-29(18-16-25)24(30)14-13-22-11-9-21(3)10-12-22;1-2-7-6-12-8(11)9(7)4-3-5-10;1-3-4-2;1-3-2;1-2/h9-12,20,23,27H,4-8,13-19H2,1-3H3;5-6H,2-4H2,1H3;3-4H,1-2H3;3H,1-2H3;1-2H3/b28-20-;;4-3-;;. The smallest absolute Gasteiger partial charge is 0.416 e. The molecule has 0 aliphatic carbocycles. The molecule has 10 heteroatoms. The first kappa shape index (κ1) is 49.3. The van der Waals surface area contributed by atoms with Crippen LogP contribution in [0.15, 0.2) is 62.0 Å². The summed E-state index contributed by atoms with van der Waals surface area (Å²) in [6.45, 7) is 23.0. The summed E-state index contributed by atoms with van der Waals surface area (Å²) in [5, 5.41) is 6.91. The number of aryl methyl sites for hydroxylation is 3. The number of hydrogen-bond donors (Lipinski definition) is 2. The molecule has 1 aliphatic rings. The third-order valence-electron chi connectivity index (χ3n) is 8.82. The second kappa shape index (κ2) is 32.1. The van der Waals surface area contributed by atoms with E-state index in [1.807, 2.05) is 60.9 Å². The van der Waals surface area contributed by atoms with E-state index in [-0.39, 0.29) is 17.1 Å². The number of allylic oxidation sites excluding steroid dienone is 2. The molecule has 0 saturated carbocycles. The van der Waals surface area contributed by atoms with Crippen LogP contribution in [0.2, 0.25) is 0 Å². The first-order valence-electron chi connectivity index (χ1n) is 19.0. The lowest BCUT2D eigenvalue weighted by Gasteiger charge is -2.46. The number of amides is 1. The molecule has 0 bridgehead atoms. The largest absolute Gasteiger partial charge is 0.419 e. The Kier molecular flexibility index (Phi) is 31.1. The monoisotopic (exact) mass is 713 g/mol. The van der Waals surface area contributed by atoms with Crippen molar-refractivity contribution in [1.29, 1.82) is 0 Å². The second-order valence-electron chi connectivity index (χ2n) is 12.4. The van der Waals surface area contributed by atoms with Crippen molar-refractivity contribution in [2.24, 2.45) is 21.4 Å². The Morgan fingerprint density at radius 2 is 1.69 bits per heavy atom. The van der Waals surface area contributed by atoms with Gasteiger partial charge in [-0.3, -0.25) is 14.4 Å². The van der Waals surface area contributed by atoms with Gasteiger partial charge in [0.2, 0.25) is 5.91 Å². The van der Waals surface area contributed by atoms with Crippen molar-refractivity contribution in [2.45, 2.75) is 126 Å². The van der Waals surface area contributed by atoms with Crippen molar-refractivity contribution in [1.82, 2.24) is 20.2 Å². The number of aromatic nitrogens is 1. The maximum Gasteiger partial charge on any atom is 0.419 e. The highest BCUT2D eigenvalue weighted by atomic mass is 16.4. The molecular formula is C41H72N6O4. The summed E-state index contributed by atoms with van der Waals surface area (Å²) in [6.07, 6.45) is 17.2. The minimum atomic E-state index is -0.381. The molecule has 3 rings (SSSR count). The van der Waals surface area contributed by atoms with E-state index in [0.717, 1.165) is 57.3 Å². The fraction of sp³-hybridized carbons (Fsp3) is 0.634. The van der Waals surface area contributed by atoms with Crippen molar-refractivity contribution in [3.63, 3.8) is 0 Å². The van der Waals surface area contributed by atoms with Gasteiger partial charge in [-0.25, -0.2) is 4.79 Å². The normalized spacial score (nSPS) is 13.6. The molecule has 2 heterocycles. The lowest BCUT2D eigenvalue weighted by molar-refractivity contribution is -0.134. The number of aldehydes is 1. The molecule has 2 aromatic rings. The van der Waals surface area contributed by atoms with Crippen LogP contribution in [0.25, 0.3) is 0 Å². The molecule has 1 unspecified atom stereocenters. The van der Waals surface area contributed by atoms with Gasteiger partial charge in [0.25, 0.3) is 0 Å².